The van der Waals surface area contributed by atoms with Gasteiger partial charge in [-0.25, -0.2) is 4.39 Å². The van der Waals surface area contributed by atoms with Crippen LogP contribution in [0.4, 0.5) is 4.39 Å². The highest BCUT2D eigenvalue weighted by molar-refractivity contribution is 5.82. The van der Waals surface area contributed by atoms with E-state index in [-0.39, 0.29) is 29.9 Å². The third-order valence-corrected chi connectivity index (χ3v) is 3.47. The third-order valence-electron chi connectivity index (χ3n) is 3.47. The van der Waals surface area contributed by atoms with Gasteiger partial charge in [-0.15, -0.1) is 0 Å². The first kappa shape index (κ1) is 14.0. The quantitative estimate of drug-likeness (QED) is 0.865. The molecule has 2 rings (SSSR count). The molecule has 104 valence electrons. The minimum atomic E-state index is -0.350. The number of nitrogens with one attached hydrogen (secondary N) is 2. The van der Waals surface area contributed by atoms with Crippen molar-refractivity contribution >= 4 is 5.91 Å². The molecular formula is C14H19FN2O2. The van der Waals surface area contributed by atoms with Gasteiger partial charge in [-0.1, -0.05) is 18.2 Å². The predicted molar refractivity (Wildman–Crippen MR) is 70.2 cm³/mol. The van der Waals surface area contributed by atoms with Crippen LogP contribution in [0.5, 0.6) is 0 Å². The topological polar surface area (TPSA) is 50.4 Å². The molecule has 0 radical (unpaired) electrons. The van der Waals surface area contributed by atoms with Crippen LogP contribution in [0.3, 0.4) is 0 Å². The van der Waals surface area contributed by atoms with E-state index in [1.54, 1.807) is 32.2 Å². The first-order valence-corrected chi connectivity index (χ1v) is 6.42. The molecule has 1 fully saturated rings. The molecule has 0 spiro atoms. The van der Waals surface area contributed by atoms with Crippen molar-refractivity contribution in [1.82, 2.24) is 10.6 Å². The number of methoxy groups -OCH3 is 1. The molecule has 3 atom stereocenters. The maximum Gasteiger partial charge on any atom is 0.237 e. The van der Waals surface area contributed by atoms with Gasteiger partial charge in [-0.2, -0.15) is 0 Å². The summed E-state index contributed by atoms with van der Waals surface area (Å²) in [5.74, 6) is -0.417. The second-order valence-corrected chi connectivity index (χ2v) is 4.81. The van der Waals surface area contributed by atoms with E-state index >= 15 is 0 Å². The number of amides is 1. The standard InChI is InChI=1S/C14H19FN2O2/c1-9(11-5-3-4-6-12(11)15)17-14(18)13-7-10(19-2)8-16-13/h3-6,9-10,13,16H,7-8H2,1-2H3,(H,17,18)/t9-,10?,13?/m1/s1. The van der Waals surface area contributed by atoms with Crippen molar-refractivity contribution in [2.24, 2.45) is 0 Å². The molecule has 1 amide bonds. The molecule has 1 saturated heterocycles. The second kappa shape index (κ2) is 6.12. The van der Waals surface area contributed by atoms with Crippen LogP contribution in [0, 0.1) is 5.82 Å². The first-order chi connectivity index (χ1) is 9.11. The van der Waals surface area contributed by atoms with Crippen LogP contribution in [0.15, 0.2) is 24.3 Å². The molecule has 2 unspecified atom stereocenters. The van der Waals surface area contributed by atoms with Crippen molar-refractivity contribution in [3.05, 3.63) is 35.6 Å². The van der Waals surface area contributed by atoms with Crippen molar-refractivity contribution in [2.45, 2.75) is 31.5 Å². The number of rotatable bonds is 4. The van der Waals surface area contributed by atoms with Gasteiger partial charge in [0.15, 0.2) is 0 Å². The van der Waals surface area contributed by atoms with Crippen LogP contribution in [-0.2, 0) is 9.53 Å². The van der Waals surface area contributed by atoms with Crippen LogP contribution in [0.2, 0.25) is 0 Å². The summed E-state index contributed by atoms with van der Waals surface area (Å²) in [6.45, 7) is 2.45. The number of ether oxygens (including phenoxy) is 1. The molecule has 0 saturated carbocycles. The van der Waals surface area contributed by atoms with Gasteiger partial charge in [0.2, 0.25) is 5.91 Å². The highest BCUT2D eigenvalue weighted by Gasteiger charge is 2.30. The third kappa shape index (κ3) is 3.30. The van der Waals surface area contributed by atoms with Gasteiger partial charge in [0.05, 0.1) is 18.2 Å². The fourth-order valence-corrected chi connectivity index (χ4v) is 2.30. The van der Waals surface area contributed by atoms with Crippen molar-refractivity contribution in [2.75, 3.05) is 13.7 Å². The Morgan fingerprint density at radius 2 is 2.26 bits per heavy atom. The molecule has 0 aliphatic carbocycles. The van der Waals surface area contributed by atoms with Gasteiger partial charge in [-0.05, 0) is 19.4 Å². The highest BCUT2D eigenvalue weighted by Crippen LogP contribution is 2.17. The fraction of sp³-hybridized carbons (Fsp3) is 0.500. The summed E-state index contributed by atoms with van der Waals surface area (Å²) in [6.07, 6.45) is 0.714. The molecule has 19 heavy (non-hydrogen) atoms. The van der Waals surface area contributed by atoms with E-state index in [2.05, 4.69) is 10.6 Å². The largest absolute Gasteiger partial charge is 0.380 e. The van der Waals surface area contributed by atoms with Crippen molar-refractivity contribution in [3.63, 3.8) is 0 Å². The average Bonchev–Trinajstić information content (AvgIpc) is 2.88. The van der Waals surface area contributed by atoms with Gasteiger partial charge in [0.25, 0.3) is 0 Å². The lowest BCUT2D eigenvalue weighted by Crippen LogP contribution is -2.41. The van der Waals surface area contributed by atoms with Crippen molar-refractivity contribution in [1.29, 1.82) is 0 Å². The van der Waals surface area contributed by atoms with E-state index in [9.17, 15) is 9.18 Å². The lowest BCUT2D eigenvalue weighted by molar-refractivity contribution is -0.123. The van der Waals surface area contributed by atoms with E-state index in [0.717, 1.165) is 0 Å². The average molecular weight is 266 g/mol. The van der Waals surface area contributed by atoms with Crippen molar-refractivity contribution < 1.29 is 13.9 Å². The Balaban J connectivity index is 1.94. The Labute approximate surface area is 112 Å². The van der Waals surface area contributed by atoms with Crippen LogP contribution < -0.4 is 10.6 Å². The number of benzene rings is 1. The molecule has 4 nitrogen and oxygen atoms in total. The second-order valence-electron chi connectivity index (χ2n) is 4.81. The summed E-state index contributed by atoms with van der Waals surface area (Å²) in [5, 5.41) is 5.92. The van der Waals surface area contributed by atoms with Crippen LogP contribution in [0.1, 0.15) is 24.9 Å². The summed E-state index contributed by atoms with van der Waals surface area (Å²) >= 11 is 0. The van der Waals surface area contributed by atoms with Crippen molar-refractivity contribution in [3.8, 4) is 0 Å². The highest BCUT2D eigenvalue weighted by atomic mass is 19.1. The maximum atomic E-state index is 13.6. The van der Waals surface area contributed by atoms with E-state index in [1.165, 1.54) is 6.07 Å². The van der Waals surface area contributed by atoms with Gasteiger partial charge >= 0.3 is 0 Å². The SMILES string of the molecule is COC1CNC(C(=O)N[C@H](C)c2ccccc2F)C1. The summed E-state index contributed by atoms with van der Waals surface area (Å²) in [6, 6.07) is 5.86. The molecule has 1 aliphatic heterocycles. The summed E-state index contributed by atoms with van der Waals surface area (Å²) < 4.78 is 18.8. The Morgan fingerprint density at radius 1 is 1.53 bits per heavy atom. The zero-order chi connectivity index (χ0) is 13.8. The number of hydrogen-bond donors (Lipinski definition) is 2. The monoisotopic (exact) mass is 266 g/mol. The van der Waals surface area contributed by atoms with Gasteiger partial charge in [0.1, 0.15) is 5.82 Å². The molecule has 5 heteroatoms. The molecule has 1 aliphatic rings. The minimum Gasteiger partial charge on any atom is -0.380 e. The molecule has 2 N–H and O–H groups in total. The Bertz CT molecular complexity index is 453. The molecule has 1 aromatic rings. The summed E-state index contributed by atoms with van der Waals surface area (Å²) in [5.41, 5.74) is 0.497. The number of carbonyl (C=O) groups is 1. The smallest absolute Gasteiger partial charge is 0.237 e. The fourth-order valence-electron chi connectivity index (χ4n) is 2.30. The Morgan fingerprint density at radius 3 is 2.89 bits per heavy atom. The van der Waals surface area contributed by atoms with Gasteiger partial charge in [0, 0.05) is 19.2 Å². The van der Waals surface area contributed by atoms with Crippen LogP contribution in [0.25, 0.3) is 0 Å². The molecule has 1 heterocycles. The molecule has 1 aromatic carbocycles. The lowest BCUT2D eigenvalue weighted by atomic mass is 10.1. The normalized spacial score (nSPS) is 24.2. The molecule has 0 aromatic heterocycles. The zero-order valence-electron chi connectivity index (χ0n) is 11.2. The van der Waals surface area contributed by atoms with E-state index in [4.69, 9.17) is 4.74 Å². The Kier molecular flexibility index (Phi) is 4.50. The maximum absolute atomic E-state index is 13.6. The number of carbonyl (C=O) groups excluding carboxylic acids is 1. The van der Waals surface area contributed by atoms with E-state index < -0.39 is 0 Å². The van der Waals surface area contributed by atoms with Crippen LogP contribution in [-0.4, -0.2) is 31.7 Å². The predicted octanol–water partition coefficient (Wildman–Crippen LogP) is 1.38. The Hall–Kier alpha value is -1.46. The minimum absolute atomic E-state index is 0.0690. The lowest BCUT2D eigenvalue weighted by Gasteiger charge is -2.18. The van der Waals surface area contributed by atoms with Crippen LogP contribution >= 0.6 is 0 Å². The van der Waals surface area contributed by atoms with Gasteiger partial charge < -0.3 is 15.4 Å². The van der Waals surface area contributed by atoms with Gasteiger partial charge in [-0.3, -0.25) is 4.79 Å². The number of halogens is 1. The molecular weight excluding hydrogens is 247 g/mol. The first-order valence-electron chi connectivity index (χ1n) is 6.42. The van der Waals surface area contributed by atoms with E-state index in [1.807, 2.05) is 0 Å². The molecule has 0 bridgehead atoms. The zero-order valence-corrected chi connectivity index (χ0v) is 11.2. The number of hydrogen-bond acceptors (Lipinski definition) is 3. The van der Waals surface area contributed by atoms with E-state index in [0.29, 0.717) is 18.5 Å². The summed E-state index contributed by atoms with van der Waals surface area (Å²) in [7, 11) is 1.63. The summed E-state index contributed by atoms with van der Waals surface area (Å²) in [4.78, 5) is 12.1.